The Morgan fingerprint density at radius 2 is 2.06 bits per heavy atom. The molecule has 1 saturated carbocycles. The standard InChI is InChI=1S/C14H19NO/c15-13(10-4-1-2-5-10)12-7-3-6-11-8-9-16-14(11)12/h3,6-7,10,13H,1-2,4-5,8-9,15H2. The van der Waals surface area contributed by atoms with Gasteiger partial charge in [0.1, 0.15) is 5.75 Å². The van der Waals surface area contributed by atoms with Gasteiger partial charge in [-0.1, -0.05) is 31.0 Å². The molecule has 0 bridgehead atoms. The third-order valence-electron chi connectivity index (χ3n) is 4.01. The molecular weight excluding hydrogens is 198 g/mol. The predicted octanol–water partition coefficient (Wildman–Crippen LogP) is 2.81. The van der Waals surface area contributed by atoms with Gasteiger partial charge < -0.3 is 10.5 Å². The lowest BCUT2D eigenvalue weighted by atomic mass is 9.91. The lowest BCUT2D eigenvalue weighted by molar-refractivity contribution is 0.343. The van der Waals surface area contributed by atoms with Crippen LogP contribution in [0.1, 0.15) is 42.9 Å². The molecule has 1 aliphatic heterocycles. The van der Waals surface area contributed by atoms with Crippen molar-refractivity contribution in [2.75, 3.05) is 6.61 Å². The molecule has 16 heavy (non-hydrogen) atoms. The van der Waals surface area contributed by atoms with Crippen LogP contribution in [0.4, 0.5) is 0 Å². The first-order valence-corrected chi connectivity index (χ1v) is 6.36. The fourth-order valence-electron chi connectivity index (χ4n) is 3.07. The Labute approximate surface area is 96.8 Å². The van der Waals surface area contributed by atoms with E-state index in [9.17, 15) is 0 Å². The minimum Gasteiger partial charge on any atom is -0.493 e. The van der Waals surface area contributed by atoms with Gasteiger partial charge >= 0.3 is 0 Å². The Hall–Kier alpha value is -1.02. The van der Waals surface area contributed by atoms with Crippen LogP contribution in [0.25, 0.3) is 0 Å². The van der Waals surface area contributed by atoms with Gasteiger partial charge in [0.15, 0.2) is 0 Å². The number of ether oxygens (including phenoxy) is 1. The average Bonchev–Trinajstić information content (AvgIpc) is 2.98. The zero-order chi connectivity index (χ0) is 11.0. The van der Waals surface area contributed by atoms with Crippen LogP contribution in [-0.2, 0) is 6.42 Å². The van der Waals surface area contributed by atoms with Crippen molar-refractivity contribution in [1.82, 2.24) is 0 Å². The van der Waals surface area contributed by atoms with E-state index in [1.54, 1.807) is 0 Å². The number of benzene rings is 1. The third-order valence-corrected chi connectivity index (χ3v) is 4.01. The maximum atomic E-state index is 6.39. The van der Waals surface area contributed by atoms with Crippen LogP contribution in [0, 0.1) is 5.92 Å². The Kier molecular flexibility index (Phi) is 2.60. The van der Waals surface area contributed by atoms with Gasteiger partial charge in [-0.3, -0.25) is 0 Å². The molecule has 1 heterocycles. The van der Waals surface area contributed by atoms with Crippen LogP contribution in [-0.4, -0.2) is 6.61 Å². The quantitative estimate of drug-likeness (QED) is 0.826. The second-order valence-corrected chi connectivity index (χ2v) is 5.00. The topological polar surface area (TPSA) is 35.2 Å². The summed E-state index contributed by atoms with van der Waals surface area (Å²) in [6.45, 7) is 0.823. The van der Waals surface area contributed by atoms with E-state index in [1.165, 1.54) is 36.8 Å². The number of hydrogen-bond donors (Lipinski definition) is 1. The van der Waals surface area contributed by atoms with Crippen LogP contribution in [0.5, 0.6) is 5.75 Å². The second kappa shape index (κ2) is 4.10. The normalized spacial score (nSPS) is 21.8. The Bertz CT molecular complexity index is 382. The minimum atomic E-state index is 0.176. The average molecular weight is 217 g/mol. The van der Waals surface area contributed by atoms with Gasteiger partial charge in [-0.15, -0.1) is 0 Å². The largest absolute Gasteiger partial charge is 0.493 e. The van der Waals surface area contributed by atoms with Crippen molar-refractivity contribution in [3.63, 3.8) is 0 Å². The molecule has 0 saturated heterocycles. The van der Waals surface area contributed by atoms with Crippen LogP contribution in [0.15, 0.2) is 18.2 Å². The number of hydrogen-bond acceptors (Lipinski definition) is 2. The van der Waals surface area contributed by atoms with Gasteiger partial charge in [0.25, 0.3) is 0 Å². The van der Waals surface area contributed by atoms with E-state index in [1.807, 2.05) is 0 Å². The summed E-state index contributed by atoms with van der Waals surface area (Å²) in [5.41, 5.74) is 8.97. The summed E-state index contributed by atoms with van der Waals surface area (Å²) in [7, 11) is 0. The van der Waals surface area contributed by atoms with E-state index in [0.29, 0.717) is 5.92 Å². The van der Waals surface area contributed by atoms with Gasteiger partial charge in [0, 0.05) is 18.0 Å². The molecule has 3 rings (SSSR count). The van der Waals surface area contributed by atoms with Crippen molar-refractivity contribution in [2.24, 2.45) is 11.7 Å². The van der Waals surface area contributed by atoms with Crippen molar-refractivity contribution >= 4 is 0 Å². The van der Waals surface area contributed by atoms with Gasteiger partial charge in [-0.2, -0.15) is 0 Å². The van der Waals surface area contributed by atoms with Crippen LogP contribution in [0.3, 0.4) is 0 Å². The van der Waals surface area contributed by atoms with Gasteiger partial charge in [-0.05, 0) is 24.3 Å². The smallest absolute Gasteiger partial charge is 0.127 e. The Morgan fingerprint density at radius 1 is 1.25 bits per heavy atom. The SMILES string of the molecule is NC(c1cccc2c1OCC2)C1CCCC1. The molecular formula is C14H19NO. The summed E-state index contributed by atoms with van der Waals surface area (Å²) in [5.74, 6) is 1.75. The fourth-order valence-corrected chi connectivity index (χ4v) is 3.07. The van der Waals surface area contributed by atoms with Gasteiger partial charge in [0.2, 0.25) is 0 Å². The summed E-state index contributed by atoms with van der Waals surface area (Å²) in [5, 5.41) is 0. The minimum absolute atomic E-state index is 0.176. The molecule has 1 aromatic rings. The maximum Gasteiger partial charge on any atom is 0.127 e. The number of para-hydroxylation sites is 1. The zero-order valence-corrected chi connectivity index (χ0v) is 9.61. The van der Waals surface area contributed by atoms with E-state index in [0.717, 1.165) is 18.8 Å². The zero-order valence-electron chi connectivity index (χ0n) is 9.61. The van der Waals surface area contributed by atoms with Crippen molar-refractivity contribution < 1.29 is 4.74 Å². The molecule has 1 atom stereocenters. The second-order valence-electron chi connectivity index (χ2n) is 5.00. The van der Waals surface area contributed by atoms with Gasteiger partial charge in [0.05, 0.1) is 6.61 Å². The highest BCUT2D eigenvalue weighted by atomic mass is 16.5. The highest BCUT2D eigenvalue weighted by Gasteiger charge is 2.27. The van der Waals surface area contributed by atoms with Crippen LogP contribution < -0.4 is 10.5 Å². The molecule has 86 valence electrons. The Morgan fingerprint density at radius 3 is 2.88 bits per heavy atom. The Balaban J connectivity index is 1.91. The molecule has 2 aliphatic rings. The molecule has 2 nitrogen and oxygen atoms in total. The summed E-state index contributed by atoms with van der Waals surface area (Å²) in [6, 6.07) is 6.61. The summed E-state index contributed by atoms with van der Waals surface area (Å²) in [6.07, 6.45) is 6.29. The molecule has 2 N–H and O–H groups in total. The van der Waals surface area contributed by atoms with E-state index in [-0.39, 0.29) is 6.04 Å². The number of nitrogens with two attached hydrogens (primary N) is 1. The lowest BCUT2D eigenvalue weighted by Gasteiger charge is -2.21. The van der Waals surface area contributed by atoms with Crippen molar-refractivity contribution in [2.45, 2.75) is 38.1 Å². The van der Waals surface area contributed by atoms with Crippen molar-refractivity contribution in [1.29, 1.82) is 0 Å². The first-order chi connectivity index (χ1) is 7.86. The molecule has 0 amide bonds. The summed E-state index contributed by atoms with van der Waals surface area (Å²) in [4.78, 5) is 0. The number of rotatable bonds is 2. The highest BCUT2D eigenvalue weighted by molar-refractivity contribution is 5.45. The summed E-state index contributed by atoms with van der Waals surface area (Å²) >= 11 is 0. The molecule has 0 radical (unpaired) electrons. The van der Waals surface area contributed by atoms with Crippen molar-refractivity contribution in [3.05, 3.63) is 29.3 Å². The van der Waals surface area contributed by atoms with E-state index in [4.69, 9.17) is 10.5 Å². The fraction of sp³-hybridized carbons (Fsp3) is 0.571. The first-order valence-electron chi connectivity index (χ1n) is 6.36. The predicted molar refractivity (Wildman–Crippen MR) is 64.5 cm³/mol. The molecule has 1 unspecified atom stereocenters. The van der Waals surface area contributed by atoms with Crippen LogP contribution >= 0.6 is 0 Å². The monoisotopic (exact) mass is 217 g/mol. The third kappa shape index (κ3) is 1.61. The lowest BCUT2D eigenvalue weighted by Crippen LogP contribution is -2.19. The molecule has 1 aromatic carbocycles. The first kappa shape index (κ1) is 10.2. The molecule has 1 fully saturated rings. The van der Waals surface area contributed by atoms with E-state index >= 15 is 0 Å². The van der Waals surface area contributed by atoms with Crippen molar-refractivity contribution in [3.8, 4) is 5.75 Å². The highest BCUT2D eigenvalue weighted by Crippen LogP contribution is 2.40. The van der Waals surface area contributed by atoms with Gasteiger partial charge in [-0.25, -0.2) is 0 Å². The molecule has 2 heteroatoms. The maximum absolute atomic E-state index is 6.39. The van der Waals surface area contributed by atoms with E-state index < -0.39 is 0 Å². The summed E-state index contributed by atoms with van der Waals surface area (Å²) < 4.78 is 5.73. The molecule has 0 aromatic heterocycles. The van der Waals surface area contributed by atoms with E-state index in [2.05, 4.69) is 18.2 Å². The molecule has 0 spiro atoms. The number of fused-ring (bicyclic) bond motifs is 1. The van der Waals surface area contributed by atoms with Crippen LogP contribution in [0.2, 0.25) is 0 Å². The molecule has 1 aliphatic carbocycles.